The number of anilines is 1. The number of aliphatic hydroxyl groups is 1. The number of ether oxygens (including phenoxy) is 2. The molecule has 2 aromatic carbocycles. The standard InChI is InChI=1S/C20H25N3O4/c1-26-16-7-9-18(10-8-16)27-17-5-3-15(4-6-17)23-19(24)22-14-20(25)11-2-12-21-13-20/h3-10,21,25H,2,11-14H2,1H3,(H2,22,23,24)/t20-/m1/s1. The number of methoxy groups -OCH3 is 1. The molecule has 2 amide bonds. The number of β-amino-alcohol motifs (C(OH)–C–C–N with tert-alkyl or cyclic N) is 1. The molecule has 0 bridgehead atoms. The fraction of sp³-hybridized carbons (Fsp3) is 0.350. The lowest BCUT2D eigenvalue weighted by Gasteiger charge is -2.32. The van der Waals surface area contributed by atoms with Gasteiger partial charge in [0, 0.05) is 18.8 Å². The Hall–Kier alpha value is -2.77. The van der Waals surface area contributed by atoms with Gasteiger partial charge in [0.1, 0.15) is 17.2 Å². The summed E-state index contributed by atoms with van der Waals surface area (Å²) in [6.45, 7) is 1.61. The zero-order valence-electron chi connectivity index (χ0n) is 15.3. The van der Waals surface area contributed by atoms with E-state index < -0.39 is 5.60 Å². The van der Waals surface area contributed by atoms with Gasteiger partial charge in [-0.3, -0.25) is 0 Å². The summed E-state index contributed by atoms with van der Waals surface area (Å²) in [7, 11) is 1.62. The molecule has 1 saturated heterocycles. The highest BCUT2D eigenvalue weighted by molar-refractivity contribution is 5.89. The van der Waals surface area contributed by atoms with Crippen molar-refractivity contribution in [2.75, 3.05) is 32.1 Å². The highest BCUT2D eigenvalue weighted by Crippen LogP contribution is 2.25. The number of urea groups is 1. The van der Waals surface area contributed by atoms with Gasteiger partial charge in [0.2, 0.25) is 0 Å². The SMILES string of the molecule is COc1ccc(Oc2ccc(NC(=O)NC[C@@]3(O)CCCNC3)cc2)cc1. The van der Waals surface area contributed by atoms with Crippen LogP contribution in [0.15, 0.2) is 48.5 Å². The molecule has 0 spiro atoms. The molecule has 0 aliphatic carbocycles. The molecule has 1 atom stereocenters. The molecule has 7 nitrogen and oxygen atoms in total. The Balaban J connectivity index is 1.48. The fourth-order valence-electron chi connectivity index (χ4n) is 2.91. The molecule has 3 rings (SSSR count). The van der Waals surface area contributed by atoms with Crippen LogP contribution in [0.3, 0.4) is 0 Å². The van der Waals surface area contributed by atoms with Gasteiger partial charge in [-0.05, 0) is 67.9 Å². The lowest BCUT2D eigenvalue weighted by atomic mass is 9.94. The quantitative estimate of drug-likeness (QED) is 0.627. The Labute approximate surface area is 158 Å². The predicted octanol–water partition coefficient (Wildman–Crippen LogP) is 2.72. The van der Waals surface area contributed by atoms with Gasteiger partial charge < -0.3 is 30.5 Å². The molecular formula is C20H25N3O4. The van der Waals surface area contributed by atoms with Crippen LogP contribution in [0.5, 0.6) is 17.2 Å². The van der Waals surface area contributed by atoms with Crippen LogP contribution in [0.2, 0.25) is 0 Å². The monoisotopic (exact) mass is 371 g/mol. The smallest absolute Gasteiger partial charge is 0.319 e. The number of carbonyl (C=O) groups excluding carboxylic acids is 1. The number of hydrogen-bond acceptors (Lipinski definition) is 5. The van der Waals surface area contributed by atoms with E-state index in [9.17, 15) is 9.90 Å². The molecule has 7 heteroatoms. The molecule has 1 aliphatic heterocycles. The summed E-state index contributed by atoms with van der Waals surface area (Å²) in [5.41, 5.74) is -0.241. The highest BCUT2D eigenvalue weighted by atomic mass is 16.5. The predicted molar refractivity (Wildman–Crippen MR) is 104 cm³/mol. The van der Waals surface area contributed by atoms with Crippen LogP contribution < -0.4 is 25.4 Å². The molecule has 1 heterocycles. The van der Waals surface area contributed by atoms with Crippen molar-refractivity contribution in [2.24, 2.45) is 0 Å². The van der Waals surface area contributed by atoms with Crippen LogP contribution in [0, 0.1) is 0 Å². The third-order valence-corrected chi connectivity index (χ3v) is 4.44. The molecule has 27 heavy (non-hydrogen) atoms. The minimum atomic E-state index is -0.883. The summed E-state index contributed by atoms with van der Waals surface area (Å²) in [4.78, 5) is 12.0. The van der Waals surface area contributed by atoms with E-state index in [1.807, 2.05) is 24.3 Å². The zero-order valence-corrected chi connectivity index (χ0v) is 15.3. The second kappa shape index (κ2) is 8.75. The van der Waals surface area contributed by atoms with Crippen molar-refractivity contribution in [3.05, 3.63) is 48.5 Å². The van der Waals surface area contributed by atoms with Crippen LogP contribution in [-0.4, -0.2) is 43.5 Å². The Morgan fingerprint density at radius 2 is 1.74 bits per heavy atom. The number of carbonyl (C=O) groups is 1. The normalized spacial score (nSPS) is 19.2. The van der Waals surface area contributed by atoms with Gasteiger partial charge in [0.05, 0.1) is 12.7 Å². The molecule has 0 aromatic heterocycles. The van der Waals surface area contributed by atoms with Gasteiger partial charge in [0.15, 0.2) is 0 Å². The van der Waals surface area contributed by atoms with Crippen molar-refractivity contribution in [1.29, 1.82) is 0 Å². The minimum absolute atomic E-state index is 0.213. The average molecular weight is 371 g/mol. The maximum absolute atomic E-state index is 12.0. The van der Waals surface area contributed by atoms with Crippen LogP contribution in [0.1, 0.15) is 12.8 Å². The van der Waals surface area contributed by atoms with Gasteiger partial charge in [-0.1, -0.05) is 0 Å². The molecule has 1 aliphatic rings. The topological polar surface area (TPSA) is 91.9 Å². The molecule has 0 unspecified atom stereocenters. The first kappa shape index (κ1) is 19.0. The van der Waals surface area contributed by atoms with E-state index in [4.69, 9.17) is 9.47 Å². The number of nitrogens with one attached hydrogen (secondary N) is 3. The van der Waals surface area contributed by atoms with Crippen LogP contribution >= 0.6 is 0 Å². The highest BCUT2D eigenvalue weighted by Gasteiger charge is 2.29. The molecule has 144 valence electrons. The Bertz CT molecular complexity index is 741. The van der Waals surface area contributed by atoms with Gasteiger partial charge in [-0.15, -0.1) is 0 Å². The Kier molecular flexibility index (Phi) is 6.16. The van der Waals surface area contributed by atoms with E-state index in [-0.39, 0.29) is 12.6 Å². The van der Waals surface area contributed by atoms with E-state index in [0.717, 1.165) is 18.7 Å². The lowest BCUT2D eigenvalue weighted by molar-refractivity contribution is 0.0198. The summed E-state index contributed by atoms with van der Waals surface area (Å²) in [6, 6.07) is 14.0. The second-order valence-electron chi connectivity index (χ2n) is 6.61. The van der Waals surface area contributed by atoms with E-state index in [2.05, 4.69) is 16.0 Å². The van der Waals surface area contributed by atoms with Crippen LogP contribution in [0.4, 0.5) is 10.5 Å². The number of hydrogen-bond donors (Lipinski definition) is 4. The number of rotatable bonds is 6. The van der Waals surface area contributed by atoms with E-state index in [0.29, 0.717) is 30.2 Å². The first-order valence-electron chi connectivity index (χ1n) is 8.96. The molecule has 4 N–H and O–H groups in total. The fourth-order valence-corrected chi connectivity index (χ4v) is 2.91. The van der Waals surface area contributed by atoms with Crippen molar-refractivity contribution >= 4 is 11.7 Å². The van der Waals surface area contributed by atoms with Crippen molar-refractivity contribution in [1.82, 2.24) is 10.6 Å². The Morgan fingerprint density at radius 1 is 1.11 bits per heavy atom. The van der Waals surface area contributed by atoms with Crippen LogP contribution in [-0.2, 0) is 0 Å². The van der Waals surface area contributed by atoms with E-state index >= 15 is 0 Å². The van der Waals surface area contributed by atoms with Crippen LogP contribution in [0.25, 0.3) is 0 Å². The van der Waals surface area contributed by atoms with Gasteiger partial charge in [0.25, 0.3) is 0 Å². The van der Waals surface area contributed by atoms with Gasteiger partial charge in [-0.25, -0.2) is 4.79 Å². The Morgan fingerprint density at radius 3 is 2.33 bits per heavy atom. The summed E-state index contributed by atoms with van der Waals surface area (Å²) < 4.78 is 10.9. The van der Waals surface area contributed by atoms with Crippen molar-refractivity contribution < 1.29 is 19.4 Å². The van der Waals surface area contributed by atoms with Crippen molar-refractivity contribution in [3.63, 3.8) is 0 Å². The summed E-state index contributed by atoms with van der Waals surface area (Å²) in [6.07, 6.45) is 1.58. The maximum atomic E-state index is 12.0. The maximum Gasteiger partial charge on any atom is 0.319 e. The minimum Gasteiger partial charge on any atom is -0.497 e. The van der Waals surface area contributed by atoms with E-state index in [1.54, 1.807) is 31.4 Å². The van der Waals surface area contributed by atoms with Crippen molar-refractivity contribution in [2.45, 2.75) is 18.4 Å². The first-order chi connectivity index (χ1) is 13.1. The molecular weight excluding hydrogens is 346 g/mol. The molecule has 0 radical (unpaired) electrons. The largest absolute Gasteiger partial charge is 0.497 e. The first-order valence-corrected chi connectivity index (χ1v) is 8.96. The zero-order chi connectivity index (χ0) is 19.1. The third-order valence-electron chi connectivity index (χ3n) is 4.44. The number of benzene rings is 2. The molecule has 0 saturated carbocycles. The van der Waals surface area contributed by atoms with Gasteiger partial charge in [-0.2, -0.15) is 0 Å². The summed E-state index contributed by atoms with van der Waals surface area (Å²) >= 11 is 0. The lowest BCUT2D eigenvalue weighted by Crippen LogP contribution is -2.53. The van der Waals surface area contributed by atoms with Gasteiger partial charge >= 0.3 is 6.03 Å². The molecule has 2 aromatic rings. The molecule has 1 fully saturated rings. The van der Waals surface area contributed by atoms with E-state index in [1.165, 1.54) is 0 Å². The third kappa shape index (κ3) is 5.60. The number of piperidine rings is 1. The average Bonchev–Trinajstić information content (AvgIpc) is 2.69. The summed E-state index contributed by atoms with van der Waals surface area (Å²) in [5.74, 6) is 2.12. The number of amides is 2. The summed E-state index contributed by atoms with van der Waals surface area (Å²) in [5, 5.41) is 19.0. The second-order valence-corrected chi connectivity index (χ2v) is 6.61. The van der Waals surface area contributed by atoms with Crippen molar-refractivity contribution in [3.8, 4) is 17.2 Å².